The third-order valence-electron chi connectivity index (χ3n) is 3.31. The van der Waals surface area contributed by atoms with Gasteiger partial charge in [-0.05, 0) is 24.4 Å². The van der Waals surface area contributed by atoms with Crippen molar-refractivity contribution < 1.29 is 0 Å². The second-order valence-corrected chi connectivity index (χ2v) is 7.03. The summed E-state index contributed by atoms with van der Waals surface area (Å²) in [5.74, 6) is 2.18. The highest BCUT2D eigenvalue weighted by Gasteiger charge is 1.99. The van der Waals surface area contributed by atoms with Crippen LogP contribution in [-0.2, 0) is 6.16 Å². The molecule has 1 unspecified atom stereocenters. The van der Waals surface area contributed by atoms with Gasteiger partial charge in [0, 0.05) is 0 Å². The maximum Gasteiger partial charge on any atom is 0.104 e. The van der Waals surface area contributed by atoms with Crippen molar-refractivity contribution in [2.75, 3.05) is 0 Å². The molecular weight excluding hydrogens is 225 g/mol. The Morgan fingerprint density at radius 1 is 0.941 bits per heavy atom. The van der Waals surface area contributed by atoms with E-state index in [0.29, 0.717) is 5.42 Å². The molecular formula is C15H26NP. The van der Waals surface area contributed by atoms with Gasteiger partial charge in [-0.15, -0.1) is 5.73 Å². The fraction of sp³-hybridized carbons (Fsp3) is 0.733. The Balaban J connectivity index is 1.86. The minimum absolute atomic E-state index is 0.303. The predicted molar refractivity (Wildman–Crippen MR) is 78.2 cm³/mol. The van der Waals surface area contributed by atoms with Crippen LogP contribution in [0, 0.1) is 0 Å². The Morgan fingerprint density at radius 3 is 2.06 bits per heavy atom. The lowest BCUT2D eigenvalue weighted by molar-refractivity contribution is 0.570. The van der Waals surface area contributed by atoms with Crippen molar-refractivity contribution in [1.82, 2.24) is 5.73 Å². The summed E-state index contributed by atoms with van der Waals surface area (Å²) in [4.78, 5) is 0. The molecule has 2 radical (unpaired) electrons. The first-order chi connectivity index (χ1) is 8.34. The minimum atomic E-state index is -0.303. The molecule has 1 atom stereocenters. The number of nitrogens with zero attached hydrogens (tertiary/aromatic N) is 1. The summed E-state index contributed by atoms with van der Waals surface area (Å²) >= 11 is 0. The zero-order chi connectivity index (χ0) is 12.3. The molecule has 0 aliphatic carbocycles. The Kier molecular flexibility index (Phi) is 8.26. The molecule has 1 aromatic heterocycles. The van der Waals surface area contributed by atoms with E-state index >= 15 is 0 Å². The molecule has 0 amide bonds. The van der Waals surface area contributed by atoms with Crippen LogP contribution in [0.3, 0.4) is 0 Å². The summed E-state index contributed by atoms with van der Waals surface area (Å²) in [6.07, 6.45) is 13.6. The highest BCUT2D eigenvalue weighted by Crippen LogP contribution is 2.39. The van der Waals surface area contributed by atoms with Gasteiger partial charge >= 0.3 is 0 Å². The lowest BCUT2D eigenvalue weighted by Gasteiger charge is -2.02. The fourth-order valence-electron chi connectivity index (χ4n) is 2.19. The lowest BCUT2D eigenvalue weighted by Crippen LogP contribution is -1.81. The fourth-order valence-corrected chi connectivity index (χ4v) is 3.85. The molecule has 0 aliphatic rings. The van der Waals surface area contributed by atoms with Crippen LogP contribution in [0.25, 0.3) is 0 Å². The van der Waals surface area contributed by atoms with Crippen molar-refractivity contribution in [3.63, 3.8) is 0 Å². The van der Waals surface area contributed by atoms with Gasteiger partial charge in [-0.3, -0.25) is 0 Å². The second kappa shape index (κ2) is 9.59. The SMILES string of the molecule is CCCCCCCCCCCp1cccc1[N]. The zero-order valence-corrected chi connectivity index (χ0v) is 12.1. The van der Waals surface area contributed by atoms with Gasteiger partial charge in [0.05, 0.1) is 0 Å². The Morgan fingerprint density at radius 2 is 1.53 bits per heavy atom. The van der Waals surface area contributed by atoms with E-state index in [2.05, 4.69) is 12.7 Å². The van der Waals surface area contributed by atoms with Gasteiger partial charge in [-0.2, -0.15) is 0 Å². The van der Waals surface area contributed by atoms with Gasteiger partial charge < -0.3 is 0 Å². The summed E-state index contributed by atoms with van der Waals surface area (Å²) in [6.45, 7) is 2.27. The van der Waals surface area contributed by atoms with Gasteiger partial charge in [-0.1, -0.05) is 71.9 Å². The lowest BCUT2D eigenvalue weighted by atomic mass is 10.1. The van der Waals surface area contributed by atoms with Gasteiger partial charge in [0.15, 0.2) is 0 Å². The topological polar surface area (TPSA) is 22.3 Å². The van der Waals surface area contributed by atoms with Gasteiger partial charge in [0.25, 0.3) is 0 Å². The number of unbranched alkanes of at least 4 members (excludes halogenated alkanes) is 8. The van der Waals surface area contributed by atoms with Crippen LogP contribution in [0.15, 0.2) is 17.9 Å². The maximum atomic E-state index is 9.54. The molecule has 0 aromatic carbocycles. The molecule has 2 heteroatoms. The largest absolute Gasteiger partial charge is 0.146 e. The number of hydrogen-bond acceptors (Lipinski definition) is 0. The summed E-state index contributed by atoms with van der Waals surface area (Å²) < 4.78 is 0. The minimum Gasteiger partial charge on any atom is -0.146 e. The molecule has 1 aromatic rings. The van der Waals surface area contributed by atoms with E-state index in [-0.39, 0.29) is 7.53 Å². The van der Waals surface area contributed by atoms with Crippen LogP contribution in [0.2, 0.25) is 0 Å². The number of hydrogen-bond donors (Lipinski definition) is 0. The zero-order valence-electron chi connectivity index (χ0n) is 11.2. The van der Waals surface area contributed by atoms with E-state index in [9.17, 15) is 5.73 Å². The number of aryl methyl sites for hydroxylation is 1. The van der Waals surface area contributed by atoms with Crippen LogP contribution in [0.1, 0.15) is 64.7 Å². The third-order valence-corrected chi connectivity index (χ3v) is 5.38. The van der Waals surface area contributed by atoms with Crippen LogP contribution < -0.4 is 5.73 Å². The van der Waals surface area contributed by atoms with Crippen LogP contribution in [0.5, 0.6) is 0 Å². The molecule has 1 nitrogen and oxygen atoms in total. The average Bonchev–Trinajstić information content (AvgIpc) is 2.73. The predicted octanol–water partition coefficient (Wildman–Crippen LogP) is 5.90. The highest BCUT2D eigenvalue weighted by atomic mass is 31.1. The van der Waals surface area contributed by atoms with Crippen molar-refractivity contribution in [3.8, 4) is 0 Å². The summed E-state index contributed by atoms with van der Waals surface area (Å²) in [6, 6.07) is 3.84. The molecule has 0 aliphatic heterocycles. The van der Waals surface area contributed by atoms with Crippen molar-refractivity contribution in [1.29, 1.82) is 0 Å². The molecule has 0 saturated carbocycles. The Labute approximate surface area is 108 Å². The first-order valence-electron chi connectivity index (χ1n) is 7.18. The van der Waals surface area contributed by atoms with E-state index in [4.69, 9.17) is 0 Å². The molecule has 0 N–H and O–H groups in total. The molecule has 0 spiro atoms. The van der Waals surface area contributed by atoms with Crippen molar-refractivity contribution in [2.45, 2.75) is 70.9 Å². The Hall–Kier alpha value is -0.420. The van der Waals surface area contributed by atoms with Crippen LogP contribution >= 0.6 is 7.53 Å². The van der Waals surface area contributed by atoms with E-state index in [1.165, 1.54) is 63.9 Å². The smallest absolute Gasteiger partial charge is 0.104 e. The molecule has 96 valence electrons. The van der Waals surface area contributed by atoms with E-state index in [0.717, 1.165) is 0 Å². The molecule has 17 heavy (non-hydrogen) atoms. The third kappa shape index (κ3) is 6.78. The summed E-state index contributed by atoms with van der Waals surface area (Å²) in [5.41, 5.74) is 10.2. The van der Waals surface area contributed by atoms with E-state index < -0.39 is 0 Å². The monoisotopic (exact) mass is 251 g/mol. The second-order valence-electron chi connectivity index (χ2n) is 4.89. The van der Waals surface area contributed by atoms with Crippen LogP contribution in [0.4, 0.5) is 5.42 Å². The molecule has 1 heterocycles. The Bertz CT molecular complexity index is 280. The number of rotatable bonds is 10. The average molecular weight is 251 g/mol. The molecule has 0 fully saturated rings. The maximum absolute atomic E-state index is 9.54. The van der Waals surface area contributed by atoms with Crippen molar-refractivity contribution >= 4 is 13.0 Å². The van der Waals surface area contributed by atoms with Crippen LogP contribution in [-0.4, -0.2) is 0 Å². The standard InChI is InChI=1S/C15H26NP/c1-2-3-4-5-6-7-8-9-10-13-17-14-11-12-15(17)16/h11-12,14H,2-10,13H2,1H3. The van der Waals surface area contributed by atoms with Gasteiger partial charge in [0.2, 0.25) is 0 Å². The molecule has 0 saturated heterocycles. The first-order valence-corrected chi connectivity index (χ1v) is 8.78. The van der Waals surface area contributed by atoms with Gasteiger partial charge in [-0.25, -0.2) is 0 Å². The van der Waals surface area contributed by atoms with Crippen molar-refractivity contribution in [2.24, 2.45) is 0 Å². The van der Waals surface area contributed by atoms with E-state index in [1.54, 1.807) is 0 Å². The van der Waals surface area contributed by atoms with Gasteiger partial charge in [0.1, 0.15) is 5.42 Å². The molecule has 1 rings (SSSR count). The quantitative estimate of drug-likeness (QED) is 0.462. The normalized spacial score (nSPS) is 11.9. The van der Waals surface area contributed by atoms with E-state index in [1.807, 2.05) is 12.1 Å². The van der Waals surface area contributed by atoms with Crippen molar-refractivity contribution in [3.05, 3.63) is 17.9 Å². The summed E-state index contributed by atoms with van der Waals surface area (Å²) in [5, 5.41) is 0. The molecule has 0 bridgehead atoms. The highest BCUT2D eigenvalue weighted by molar-refractivity contribution is 7.51. The summed E-state index contributed by atoms with van der Waals surface area (Å²) in [7, 11) is -0.303. The first kappa shape index (κ1) is 14.6.